The van der Waals surface area contributed by atoms with Gasteiger partial charge in [-0.15, -0.1) is 0 Å². The molecule has 1 aromatic carbocycles. The zero-order valence-electron chi connectivity index (χ0n) is 9.73. The molecular weight excluding hydrogens is 248 g/mol. The molecule has 17 heavy (non-hydrogen) atoms. The van der Waals surface area contributed by atoms with Crippen molar-refractivity contribution in [2.45, 2.75) is 12.8 Å². The Hall–Kier alpha value is -0.710. The molecular formula is C12H16ClF2NO. The number of rotatable bonds is 7. The summed E-state index contributed by atoms with van der Waals surface area (Å²) in [5.41, 5.74) is 0.250. The first-order chi connectivity index (χ1) is 8.16. The minimum Gasteiger partial charge on any atom is -0.383 e. The van der Waals surface area contributed by atoms with Crippen LogP contribution < -0.4 is 5.32 Å². The summed E-state index contributed by atoms with van der Waals surface area (Å²) in [6.07, 6.45) is 1.12. The number of nitrogens with one attached hydrogen (secondary N) is 1. The second kappa shape index (κ2) is 7.58. The lowest BCUT2D eigenvalue weighted by atomic mass is 10.1. The first-order valence-electron chi connectivity index (χ1n) is 5.49. The topological polar surface area (TPSA) is 21.3 Å². The third-order valence-corrected chi connectivity index (χ3v) is 2.76. The van der Waals surface area contributed by atoms with E-state index in [9.17, 15) is 8.78 Å². The number of benzene rings is 1. The summed E-state index contributed by atoms with van der Waals surface area (Å²) in [6, 6.07) is 2.42. The lowest BCUT2D eigenvalue weighted by molar-refractivity contribution is 0.199. The first-order valence-corrected chi connectivity index (χ1v) is 5.86. The van der Waals surface area contributed by atoms with Crippen LogP contribution in [0.2, 0.25) is 5.02 Å². The van der Waals surface area contributed by atoms with Crippen LogP contribution in [0.25, 0.3) is 0 Å². The van der Waals surface area contributed by atoms with Crippen LogP contribution in [0.5, 0.6) is 0 Å². The van der Waals surface area contributed by atoms with Gasteiger partial charge in [-0.2, -0.15) is 0 Å². The predicted octanol–water partition coefficient (Wildman–Crippen LogP) is 2.79. The van der Waals surface area contributed by atoms with E-state index in [4.69, 9.17) is 16.3 Å². The van der Waals surface area contributed by atoms with Gasteiger partial charge in [-0.05, 0) is 31.5 Å². The SMILES string of the molecule is COCCNCCCc1c(Cl)ccc(F)c1F. The lowest BCUT2D eigenvalue weighted by Gasteiger charge is -2.07. The normalized spacial score (nSPS) is 10.8. The first kappa shape index (κ1) is 14.4. The van der Waals surface area contributed by atoms with Crippen molar-refractivity contribution in [1.29, 1.82) is 0 Å². The predicted molar refractivity (Wildman–Crippen MR) is 64.4 cm³/mol. The van der Waals surface area contributed by atoms with Crippen molar-refractivity contribution in [1.82, 2.24) is 5.32 Å². The number of methoxy groups -OCH3 is 1. The number of hydrogen-bond acceptors (Lipinski definition) is 2. The summed E-state index contributed by atoms with van der Waals surface area (Å²) < 4.78 is 31.2. The van der Waals surface area contributed by atoms with E-state index in [0.29, 0.717) is 19.4 Å². The lowest BCUT2D eigenvalue weighted by Crippen LogP contribution is -2.20. The molecule has 0 bridgehead atoms. The Morgan fingerprint density at radius 1 is 1.29 bits per heavy atom. The third kappa shape index (κ3) is 4.58. The van der Waals surface area contributed by atoms with Crippen LogP contribution in [0.15, 0.2) is 12.1 Å². The van der Waals surface area contributed by atoms with E-state index in [0.717, 1.165) is 19.2 Å². The molecule has 0 aliphatic carbocycles. The molecule has 0 atom stereocenters. The smallest absolute Gasteiger partial charge is 0.163 e. The molecule has 0 heterocycles. The molecule has 0 aromatic heterocycles. The Labute approximate surface area is 105 Å². The summed E-state index contributed by atoms with van der Waals surface area (Å²) in [5.74, 6) is -1.69. The van der Waals surface area contributed by atoms with Crippen molar-refractivity contribution in [2.24, 2.45) is 0 Å². The van der Waals surface area contributed by atoms with Gasteiger partial charge in [0.2, 0.25) is 0 Å². The molecule has 5 heteroatoms. The minimum atomic E-state index is -0.850. The zero-order valence-corrected chi connectivity index (χ0v) is 10.5. The molecule has 0 fully saturated rings. The van der Waals surface area contributed by atoms with Gasteiger partial charge < -0.3 is 10.1 Å². The highest BCUT2D eigenvalue weighted by Crippen LogP contribution is 2.22. The molecule has 0 spiro atoms. The van der Waals surface area contributed by atoms with Gasteiger partial charge >= 0.3 is 0 Å². The highest BCUT2D eigenvalue weighted by atomic mass is 35.5. The van der Waals surface area contributed by atoms with E-state index in [1.54, 1.807) is 7.11 Å². The highest BCUT2D eigenvalue weighted by Gasteiger charge is 2.11. The van der Waals surface area contributed by atoms with Crippen molar-refractivity contribution in [3.8, 4) is 0 Å². The average Bonchev–Trinajstić information content (AvgIpc) is 2.32. The number of ether oxygens (including phenoxy) is 1. The Balaban J connectivity index is 2.39. The maximum atomic E-state index is 13.4. The van der Waals surface area contributed by atoms with Gasteiger partial charge in [0.05, 0.1) is 6.61 Å². The zero-order chi connectivity index (χ0) is 12.7. The molecule has 0 amide bonds. The molecule has 0 unspecified atom stereocenters. The second-order valence-corrected chi connectivity index (χ2v) is 4.08. The van der Waals surface area contributed by atoms with Gasteiger partial charge in [0.25, 0.3) is 0 Å². The van der Waals surface area contributed by atoms with Crippen LogP contribution in [0, 0.1) is 11.6 Å². The number of halogens is 3. The monoisotopic (exact) mass is 263 g/mol. The third-order valence-electron chi connectivity index (χ3n) is 2.40. The quantitative estimate of drug-likeness (QED) is 0.603. The Morgan fingerprint density at radius 3 is 2.76 bits per heavy atom. The van der Waals surface area contributed by atoms with Crippen LogP contribution >= 0.6 is 11.6 Å². The fourth-order valence-electron chi connectivity index (χ4n) is 1.49. The van der Waals surface area contributed by atoms with Gasteiger partial charge in [-0.3, -0.25) is 0 Å². The van der Waals surface area contributed by atoms with Crippen molar-refractivity contribution >= 4 is 11.6 Å². The van der Waals surface area contributed by atoms with E-state index < -0.39 is 11.6 Å². The molecule has 0 saturated carbocycles. The summed E-state index contributed by atoms with van der Waals surface area (Å²) in [4.78, 5) is 0. The Kier molecular flexibility index (Phi) is 6.40. The maximum Gasteiger partial charge on any atom is 0.163 e. The van der Waals surface area contributed by atoms with Gasteiger partial charge in [0, 0.05) is 24.2 Å². The van der Waals surface area contributed by atoms with E-state index in [2.05, 4.69) is 5.32 Å². The Morgan fingerprint density at radius 2 is 2.06 bits per heavy atom. The molecule has 1 aromatic rings. The molecule has 1 N–H and O–H groups in total. The van der Waals surface area contributed by atoms with Crippen LogP contribution in [0.4, 0.5) is 8.78 Å². The van der Waals surface area contributed by atoms with Crippen LogP contribution in [-0.4, -0.2) is 26.8 Å². The summed E-state index contributed by atoms with van der Waals surface area (Å²) in [6.45, 7) is 2.10. The van der Waals surface area contributed by atoms with Crippen molar-refractivity contribution in [2.75, 3.05) is 26.8 Å². The fourth-order valence-corrected chi connectivity index (χ4v) is 1.73. The van der Waals surface area contributed by atoms with Crippen molar-refractivity contribution < 1.29 is 13.5 Å². The minimum absolute atomic E-state index is 0.250. The standard InChI is InChI=1S/C12H16ClF2NO/c1-17-8-7-16-6-2-3-9-10(13)4-5-11(14)12(9)15/h4-5,16H,2-3,6-8H2,1H3. The maximum absolute atomic E-state index is 13.4. The molecule has 1 rings (SSSR count). The Bertz CT molecular complexity index is 361. The average molecular weight is 264 g/mol. The summed E-state index contributed by atoms with van der Waals surface area (Å²) >= 11 is 5.82. The molecule has 0 radical (unpaired) electrons. The summed E-state index contributed by atoms with van der Waals surface area (Å²) in [5, 5.41) is 3.40. The van der Waals surface area contributed by atoms with Gasteiger partial charge in [0.15, 0.2) is 11.6 Å². The van der Waals surface area contributed by atoms with E-state index >= 15 is 0 Å². The van der Waals surface area contributed by atoms with E-state index in [1.807, 2.05) is 0 Å². The fraction of sp³-hybridized carbons (Fsp3) is 0.500. The van der Waals surface area contributed by atoms with E-state index in [1.165, 1.54) is 6.07 Å². The molecule has 0 aliphatic heterocycles. The van der Waals surface area contributed by atoms with Gasteiger partial charge in [-0.25, -0.2) is 8.78 Å². The van der Waals surface area contributed by atoms with Crippen LogP contribution in [0.1, 0.15) is 12.0 Å². The van der Waals surface area contributed by atoms with Crippen molar-refractivity contribution in [3.63, 3.8) is 0 Å². The van der Waals surface area contributed by atoms with Gasteiger partial charge in [-0.1, -0.05) is 11.6 Å². The second-order valence-electron chi connectivity index (χ2n) is 3.67. The molecule has 0 saturated heterocycles. The summed E-state index contributed by atoms with van der Waals surface area (Å²) in [7, 11) is 1.63. The number of hydrogen-bond donors (Lipinski definition) is 1. The van der Waals surface area contributed by atoms with E-state index in [-0.39, 0.29) is 10.6 Å². The van der Waals surface area contributed by atoms with Crippen LogP contribution in [0.3, 0.4) is 0 Å². The molecule has 0 aliphatic rings. The van der Waals surface area contributed by atoms with Crippen molar-refractivity contribution in [3.05, 3.63) is 34.4 Å². The highest BCUT2D eigenvalue weighted by molar-refractivity contribution is 6.31. The van der Waals surface area contributed by atoms with Crippen LogP contribution in [-0.2, 0) is 11.2 Å². The molecule has 96 valence electrons. The largest absolute Gasteiger partial charge is 0.383 e. The van der Waals surface area contributed by atoms with Gasteiger partial charge in [0.1, 0.15) is 0 Å². The molecule has 2 nitrogen and oxygen atoms in total.